The fourth-order valence-electron chi connectivity index (χ4n) is 1.16. The second-order valence-corrected chi connectivity index (χ2v) is 4.71. The van der Waals surface area contributed by atoms with Gasteiger partial charge in [0.25, 0.3) is 0 Å². The molecule has 0 aromatic carbocycles. The first-order chi connectivity index (χ1) is 8.08. The molecule has 5 nitrogen and oxygen atoms in total. The highest BCUT2D eigenvalue weighted by atomic mass is 79.9. The predicted molar refractivity (Wildman–Crippen MR) is 68.7 cm³/mol. The summed E-state index contributed by atoms with van der Waals surface area (Å²) >= 11 is 3.26. The Morgan fingerprint density at radius 1 is 1.47 bits per heavy atom. The summed E-state index contributed by atoms with van der Waals surface area (Å²) in [5, 5.41) is 3.03. The van der Waals surface area contributed by atoms with Crippen LogP contribution < -0.4 is 5.32 Å². The predicted octanol–water partition coefficient (Wildman–Crippen LogP) is 2.38. The first-order valence-electron chi connectivity index (χ1n) is 5.49. The van der Waals surface area contributed by atoms with Crippen molar-refractivity contribution in [3.63, 3.8) is 0 Å². The molecular weight excluding hydrogens is 286 g/mol. The SMILES string of the molecule is CC(C)OC(=O)CCCNc1ncc(Br)cn1. The van der Waals surface area contributed by atoms with E-state index in [9.17, 15) is 4.79 Å². The number of nitrogens with one attached hydrogen (secondary N) is 1. The van der Waals surface area contributed by atoms with E-state index in [0.29, 0.717) is 25.3 Å². The lowest BCUT2D eigenvalue weighted by Gasteiger charge is -2.08. The van der Waals surface area contributed by atoms with E-state index >= 15 is 0 Å². The van der Waals surface area contributed by atoms with Crippen LogP contribution in [0.4, 0.5) is 5.95 Å². The van der Waals surface area contributed by atoms with Gasteiger partial charge in [-0.3, -0.25) is 4.79 Å². The van der Waals surface area contributed by atoms with E-state index in [-0.39, 0.29) is 12.1 Å². The Hall–Kier alpha value is -1.17. The van der Waals surface area contributed by atoms with Crippen molar-refractivity contribution in [2.45, 2.75) is 32.8 Å². The van der Waals surface area contributed by atoms with Crippen LogP contribution in [0.5, 0.6) is 0 Å². The highest BCUT2D eigenvalue weighted by molar-refractivity contribution is 9.10. The van der Waals surface area contributed by atoms with Crippen LogP contribution in [0.25, 0.3) is 0 Å². The van der Waals surface area contributed by atoms with Crippen LogP contribution in [0, 0.1) is 0 Å². The van der Waals surface area contributed by atoms with Gasteiger partial charge in [-0.2, -0.15) is 0 Å². The molecule has 1 rings (SSSR count). The van der Waals surface area contributed by atoms with Crippen LogP contribution in [0.1, 0.15) is 26.7 Å². The molecule has 0 spiro atoms. The largest absolute Gasteiger partial charge is 0.463 e. The number of ether oxygens (including phenoxy) is 1. The van der Waals surface area contributed by atoms with Crippen molar-refractivity contribution in [3.8, 4) is 0 Å². The second-order valence-electron chi connectivity index (χ2n) is 3.79. The summed E-state index contributed by atoms with van der Waals surface area (Å²) in [6, 6.07) is 0. The Balaban J connectivity index is 2.16. The van der Waals surface area contributed by atoms with Crippen LogP contribution >= 0.6 is 15.9 Å². The molecule has 1 heterocycles. The normalized spacial score (nSPS) is 10.4. The van der Waals surface area contributed by atoms with E-state index < -0.39 is 0 Å². The standard InChI is InChI=1S/C11H16BrN3O2/c1-8(2)17-10(16)4-3-5-13-11-14-6-9(12)7-15-11/h6-8H,3-5H2,1-2H3,(H,13,14,15). The monoisotopic (exact) mass is 301 g/mol. The number of halogens is 1. The minimum atomic E-state index is -0.168. The van der Waals surface area contributed by atoms with Crippen molar-refractivity contribution < 1.29 is 9.53 Å². The molecule has 1 N–H and O–H groups in total. The molecule has 0 amide bonds. The van der Waals surface area contributed by atoms with E-state index in [0.717, 1.165) is 4.47 Å². The first-order valence-corrected chi connectivity index (χ1v) is 6.28. The molecule has 0 fully saturated rings. The van der Waals surface area contributed by atoms with Crippen LogP contribution in [-0.2, 0) is 9.53 Å². The van der Waals surface area contributed by atoms with Gasteiger partial charge in [-0.1, -0.05) is 0 Å². The molecule has 0 aliphatic carbocycles. The fourth-order valence-corrected chi connectivity index (χ4v) is 1.36. The maximum Gasteiger partial charge on any atom is 0.306 e. The van der Waals surface area contributed by atoms with Gasteiger partial charge in [-0.15, -0.1) is 0 Å². The van der Waals surface area contributed by atoms with Crippen LogP contribution in [0.15, 0.2) is 16.9 Å². The number of aromatic nitrogens is 2. The highest BCUT2D eigenvalue weighted by Gasteiger charge is 2.04. The summed E-state index contributed by atoms with van der Waals surface area (Å²) in [6.45, 7) is 4.33. The lowest BCUT2D eigenvalue weighted by molar-refractivity contribution is -0.147. The maximum absolute atomic E-state index is 11.2. The Morgan fingerprint density at radius 2 is 2.12 bits per heavy atom. The van der Waals surface area contributed by atoms with E-state index in [2.05, 4.69) is 31.2 Å². The third kappa shape index (κ3) is 6.21. The van der Waals surface area contributed by atoms with Gasteiger partial charge in [0, 0.05) is 25.4 Å². The average Bonchev–Trinajstić information content (AvgIpc) is 2.26. The van der Waals surface area contributed by atoms with Crippen molar-refractivity contribution in [3.05, 3.63) is 16.9 Å². The summed E-state index contributed by atoms with van der Waals surface area (Å²) < 4.78 is 5.85. The Morgan fingerprint density at radius 3 is 2.71 bits per heavy atom. The molecule has 6 heteroatoms. The summed E-state index contributed by atoms with van der Waals surface area (Å²) in [7, 11) is 0. The van der Waals surface area contributed by atoms with E-state index in [1.807, 2.05) is 13.8 Å². The van der Waals surface area contributed by atoms with Crippen LogP contribution in [0.2, 0.25) is 0 Å². The molecule has 0 bridgehead atoms. The molecule has 0 saturated carbocycles. The molecule has 0 radical (unpaired) electrons. The molecule has 0 unspecified atom stereocenters. The van der Waals surface area contributed by atoms with Gasteiger partial charge in [0.1, 0.15) is 0 Å². The number of nitrogens with zero attached hydrogens (tertiary/aromatic N) is 2. The van der Waals surface area contributed by atoms with E-state index in [1.54, 1.807) is 12.4 Å². The van der Waals surface area contributed by atoms with Gasteiger partial charge >= 0.3 is 5.97 Å². The Labute approximate surface area is 109 Å². The van der Waals surface area contributed by atoms with Crippen molar-refractivity contribution in [1.82, 2.24) is 9.97 Å². The zero-order valence-corrected chi connectivity index (χ0v) is 11.5. The average molecular weight is 302 g/mol. The minimum Gasteiger partial charge on any atom is -0.463 e. The Kier molecular flexibility index (Phi) is 5.90. The third-order valence-corrected chi connectivity index (χ3v) is 2.24. The number of rotatable bonds is 6. The van der Waals surface area contributed by atoms with Gasteiger partial charge in [0.2, 0.25) is 5.95 Å². The number of anilines is 1. The Bertz CT molecular complexity index is 354. The lowest BCUT2D eigenvalue weighted by atomic mass is 10.3. The number of esters is 1. The third-order valence-electron chi connectivity index (χ3n) is 1.83. The molecule has 0 atom stereocenters. The van der Waals surface area contributed by atoms with E-state index in [4.69, 9.17) is 4.74 Å². The number of carbonyl (C=O) groups excluding carboxylic acids is 1. The molecule has 1 aromatic heterocycles. The zero-order valence-electron chi connectivity index (χ0n) is 9.94. The van der Waals surface area contributed by atoms with Crippen LogP contribution in [-0.4, -0.2) is 28.6 Å². The highest BCUT2D eigenvalue weighted by Crippen LogP contribution is 2.06. The van der Waals surface area contributed by atoms with Gasteiger partial charge in [-0.05, 0) is 36.2 Å². The zero-order chi connectivity index (χ0) is 12.7. The molecule has 0 aliphatic rings. The van der Waals surface area contributed by atoms with Crippen molar-refractivity contribution in [1.29, 1.82) is 0 Å². The minimum absolute atomic E-state index is 0.0507. The molecule has 1 aromatic rings. The number of hydrogen-bond donors (Lipinski definition) is 1. The molecule has 17 heavy (non-hydrogen) atoms. The topological polar surface area (TPSA) is 64.1 Å². The summed E-state index contributed by atoms with van der Waals surface area (Å²) in [5.74, 6) is 0.393. The smallest absolute Gasteiger partial charge is 0.306 e. The quantitative estimate of drug-likeness (QED) is 0.645. The van der Waals surface area contributed by atoms with Gasteiger partial charge in [-0.25, -0.2) is 9.97 Å². The molecule has 0 aliphatic heterocycles. The molecule has 0 saturated heterocycles. The van der Waals surface area contributed by atoms with Crippen molar-refractivity contribution in [2.75, 3.05) is 11.9 Å². The van der Waals surface area contributed by atoms with Crippen molar-refractivity contribution >= 4 is 27.8 Å². The summed E-state index contributed by atoms with van der Waals surface area (Å²) in [4.78, 5) is 19.3. The fraction of sp³-hybridized carbons (Fsp3) is 0.545. The number of carbonyl (C=O) groups is 1. The number of hydrogen-bond acceptors (Lipinski definition) is 5. The maximum atomic E-state index is 11.2. The lowest BCUT2D eigenvalue weighted by Crippen LogP contribution is -2.13. The summed E-state index contributed by atoms with van der Waals surface area (Å²) in [6.07, 6.45) is 4.39. The van der Waals surface area contributed by atoms with Crippen LogP contribution in [0.3, 0.4) is 0 Å². The van der Waals surface area contributed by atoms with E-state index in [1.165, 1.54) is 0 Å². The van der Waals surface area contributed by atoms with Gasteiger partial charge in [0.15, 0.2) is 0 Å². The first kappa shape index (κ1) is 13.9. The summed E-state index contributed by atoms with van der Waals surface area (Å²) in [5.41, 5.74) is 0. The van der Waals surface area contributed by atoms with Gasteiger partial charge < -0.3 is 10.1 Å². The van der Waals surface area contributed by atoms with Crippen molar-refractivity contribution in [2.24, 2.45) is 0 Å². The van der Waals surface area contributed by atoms with Gasteiger partial charge in [0.05, 0.1) is 10.6 Å². The second kappa shape index (κ2) is 7.21. The molecular formula is C11H16BrN3O2. The molecule has 94 valence electrons.